The van der Waals surface area contributed by atoms with E-state index in [-0.39, 0.29) is 5.97 Å². The van der Waals surface area contributed by atoms with Crippen LogP contribution < -0.4 is 0 Å². The molecule has 0 saturated heterocycles. The molecule has 0 atom stereocenters. The van der Waals surface area contributed by atoms with Crippen LogP contribution in [-0.4, -0.2) is 24.6 Å². The Morgan fingerprint density at radius 3 is 2.26 bits per heavy atom. The highest BCUT2D eigenvalue weighted by Crippen LogP contribution is 2.24. The summed E-state index contributed by atoms with van der Waals surface area (Å²) in [4.78, 5) is 23.7. The van der Waals surface area contributed by atoms with Crippen molar-refractivity contribution in [2.45, 2.75) is 26.4 Å². The Morgan fingerprint density at radius 1 is 1.00 bits per heavy atom. The highest BCUT2D eigenvalue weighted by Gasteiger charge is 2.15. The first-order chi connectivity index (χ1) is 10.8. The maximum absolute atomic E-state index is 11.8. The molecule has 2 aromatic carbocycles. The van der Waals surface area contributed by atoms with Gasteiger partial charge in [-0.25, -0.2) is 9.59 Å². The molecule has 0 fully saturated rings. The number of carbonyl (C=O) groups excluding carboxylic acids is 2. The van der Waals surface area contributed by atoms with Gasteiger partial charge in [-0.15, -0.1) is 0 Å². The Labute approximate surface area is 135 Å². The number of hydrogen-bond acceptors (Lipinski definition) is 4. The maximum atomic E-state index is 11.8. The molecule has 23 heavy (non-hydrogen) atoms. The molecule has 0 bridgehead atoms. The van der Waals surface area contributed by atoms with Gasteiger partial charge in [-0.1, -0.05) is 30.3 Å². The summed E-state index contributed by atoms with van der Waals surface area (Å²) in [5.41, 5.74) is 0.801. The summed E-state index contributed by atoms with van der Waals surface area (Å²) in [6.07, 6.45) is 3.09. The van der Waals surface area contributed by atoms with E-state index in [1.165, 1.54) is 13.2 Å². The minimum absolute atomic E-state index is 0.385. The van der Waals surface area contributed by atoms with Crippen LogP contribution in [0.5, 0.6) is 0 Å². The van der Waals surface area contributed by atoms with Crippen molar-refractivity contribution in [2.75, 3.05) is 7.11 Å². The van der Waals surface area contributed by atoms with Gasteiger partial charge in [-0.2, -0.15) is 0 Å². The second-order valence-corrected chi connectivity index (χ2v) is 6.11. The summed E-state index contributed by atoms with van der Waals surface area (Å²) in [6.45, 7) is 5.46. The molecule has 0 aliphatic rings. The molecule has 120 valence electrons. The monoisotopic (exact) mass is 312 g/mol. The summed E-state index contributed by atoms with van der Waals surface area (Å²) in [5, 5.41) is 1.65. The van der Waals surface area contributed by atoms with Gasteiger partial charge in [0.2, 0.25) is 0 Å². The summed E-state index contributed by atoms with van der Waals surface area (Å²) in [7, 11) is 1.35. The molecule has 0 aromatic heterocycles. The van der Waals surface area contributed by atoms with Crippen LogP contribution in [0.15, 0.2) is 42.5 Å². The number of ether oxygens (including phenoxy) is 2. The minimum atomic E-state index is -0.530. The van der Waals surface area contributed by atoms with E-state index in [9.17, 15) is 9.59 Å². The van der Waals surface area contributed by atoms with E-state index < -0.39 is 11.6 Å². The summed E-state index contributed by atoms with van der Waals surface area (Å²) < 4.78 is 10.1. The predicted molar refractivity (Wildman–Crippen MR) is 90.2 cm³/mol. The van der Waals surface area contributed by atoms with E-state index in [0.29, 0.717) is 5.56 Å². The Hall–Kier alpha value is -2.62. The number of fused-ring (bicyclic) bond motifs is 1. The molecule has 2 aromatic rings. The zero-order valence-electron chi connectivity index (χ0n) is 13.8. The van der Waals surface area contributed by atoms with E-state index in [1.54, 1.807) is 18.2 Å². The van der Waals surface area contributed by atoms with Crippen molar-refractivity contribution in [1.29, 1.82) is 0 Å². The average molecular weight is 312 g/mol. The lowest BCUT2D eigenvalue weighted by atomic mass is 9.99. The van der Waals surface area contributed by atoms with Gasteiger partial charge in [-0.05, 0) is 49.2 Å². The molecule has 2 rings (SSSR count). The van der Waals surface area contributed by atoms with Gasteiger partial charge < -0.3 is 9.47 Å². The highest BCUT2D eigenvalue weighted by molar-refractivity contribution is 6.07. The van der Waals surface area contributed by atoms with Crippen LogP contribution in [0.2, 0.25) is 0 Å². The van der Waals surface area contributed by atoms with Crippen LogP contribution in [0, 0.1) is 0 Å². The predicted octanol–water partition coefficient (Wildman–Crippen LogP) is 3.98. The Kier molecular flexibility index (Phi) is 4.84. The standard InChI is InChI=1S/C19H20O4/c1-19(2,3)23-17(20)12-10-13-9-11-16(18(21)22-4)15-8-6-5-7-14(13)15/h5-12H,1-4H3/b12-10+. The van der Waals surface area contributed by atoms with Crippen molar-refractivity contribution < 1.29 is 19.1 Å². The summed E-state index contributed by atoms with van der Waals surface area (Å²) in [6, 6.07) is 11.0. The number of rotatable bonds is 3. The van der Waals surface area contributed by atoms with Gasteiger partial charge in [-0.3, -0.25) is 0 Å². The molecule has 4 nitrogen and oxygen atoms in total. The second-order valence-electron chi connectivity index (χ2n) is 6.11. The van der Waals surface area contributed by atoms with Crippen LogP contribution >= 0.6 is 0 Å². The lowest BCUT2D eigenvalue weighted by Crippen LogP contribution is -2.22. The zero-order chi connectivity index (χ0) is 17.0. The van der Waals surface area contributed by atoms with Crippen molar-refractivity contribution >= 4 is 28.8 Å². The van der Waals surface area contributed by atoms with E-state index in [2.05, 4.69) is 0 Å². The zero-order valence-corrected chi connectivity index (χ0v) is 13.8. The Morgan fingerprint density at radius 2 is 1.65 bits per heavy atom. The van der Waals surface area contributed by atoms with Gasteiger partial charge >= 0.3 is 11.9 Å². The summed E-state index contributed by atoms with van der Waals surface area (Å²) >= 11 is 0. The fourth-order valence-electron chi connectivity index (χ4n) is 2.25. The van der Waals surface area contributed by atoms with Gasteiger partial charge in [0, 0.05) is 6.08 Å². The highest BCUT2D eigenvalue weighted by atomic mass is 16.6. The number of methoxy groups -OCH3 is 1. The fraction of sp³-hybridized carbons (Fsp3) is 0.263. The molecule has 0 heterocycles. The van der Waals surface area contributed by atoms with Crippen LogP contribution in [0.1, 0.15) is 36.7 Å². The minimum Gasteiger partial charge on any atom is -0.465 e. The average Bonchev–Trinajstić information content (AvgIpc) is 2.50. The fourth-order valence-corrected chi connectivity index (χ4v) is 2.25. The Balaban J connectivity index is 2.40. The third-order valence-corrected chi connectivity index (χ3v) is 3.17. The molecule has 0 aliphatic carbocycles. The van der Waals surface area contributed by atoms with Gasteiger partial charge in [0.1, 0.15) is 5.60 Å². The largest absolute Gasteiger partial charge is 0.465 e. The van der Waals surface area contributed by atoms with Crippen molar-refractivity contribution in [1.82, 2.24) is 0 Å². The molecule has 0 radical (unpaired) electrons. The van der Waals surface area contributed by atoms with E-state index >= 15 is 0 Å². The third kappa shape index (κ3) is 4.19. The topological polar surface area (TPSA) is 52.6 Å². The van der Waals surface area contributed by atoms with Crippen LogP contribution in [0.4, 0.5) is 0 Å². The quantitative estimate of drug-likeness (QED) is 0.635. The second kappa shape index (κ2) is 6.65. The smallest absolute Gasteiger partial charge is 0.338 e. The molecular weight excluding hydrogens is 292 g/mol. The first-order valence-electron chi connectivity index (χ1n) is 7.33. The third-order valence-electron chi connectivity index (χ3n) is 3.17. The van der Waals surface area contributed by atoms with Crippen LogP contribution in [0.3, 0.4) is 0 Å². The molecule has 4 heteroatoms. The van der Waals surface area contributed by atoms with Crippen molar-refractivity contribution in [3.8, 4) is 0 Å². The van der Waals surface area contributed by atoms with Crippen molar-refractivity contribution in [2.24, 2.45) is 0 Å². The van der Waals surface area contributed by atoms with Gasteiger partial charge in [0.15, 0.2) is 0 Å². The van der Waals surface area contributed by atoms with E-state index in [0.717, 1.165) is 16.3 Å². The first-order valence-corrected chi connectivity index (χ1v) is 7.33. The molecule has 0 N–H and O–H groups in total. The molecule has 0 unspecified atom stereocenters. The van der Waals surface area contributed by atoms with Crippen molar-refractivity contribution in [3.05, 3.63) is 53.6 Å². The first kappa shape index (κ1) is 16.7. The lowest BCUT2D eigenvalue weighted by molar-refractivity contribution is -0.148. The van der Waals surface area contributed by atoms with Gasteiger partial charge in [0.05, 0.1) is 12.7 Å². The Bertz CT molecular complexity index is 767. The van der Waals surface area contributed by atoms with E-state index in [1.807, 2.05) is 45.0 Å². The summed E-state index contributed by atoms with van der Waals surface area (Å²) in [5.74, 6) is -0.789. The normalized spacial score (nSPS) is 11.7. The molecule has 0 spiro atoms. The molecule has 0 amide bonds. The van der Waals surface area contributed by atoms with E-state index in [4.69, 9.17) is 9.47 Å². The number of carbonyl (C=O) groups is 2. The number of benzene rings is 2. The number of esters is 2. The maximum Gasteiger partial charge on any atom is 0.338 e. The lowest BCUT2D eigenvalue weighted by Gasteiger charge is -2.17. The number of hydrogen-bond donors (Lipinski definition) is 0. The molecule has 0 saturated carbocycles. The molecule has 0 aliphatic heterocycles. The van der Waals surface area contributed by atoms with Crippen LogP contribution in [0.25, 0.3) is 16.8 Å². The van der Waals surface area contributed by atoms with Crippen LogP contribution in [-0.2, 0) is 14.3 Å². The SMILES string of the molecule is COC(=O)c1ccc(/C=C/C(=O)OC(C)(C)C)c2ccccc12. The van der Waals surface area contributed by atoms with Gasteiger partial charge in [0.25, 0.3) is 0 Å². The molecular formula is C19H20O4. The van der Waals surface area contributed by atoms with Crippen molar-refractivity contribution in [3.63, 3.8) is 0 Å².